The highest BCUT2D eigenvalue weighted by Gasteiger charge is 2.47. The van der Waals surface area contributed by atoms with Crippen LogP contribution in [0.5, 0.6) is 0 Å². The largest absolute Gasteiger partial charge is 0.152 e. The number of hydrogen-bond acceptors (Lipinski definition) is 1. The predicted octanol–water partition coefficient (Wildman–Crippen LogP) is 4.96. The molecule has 0 spiro atoms. The van der Waals surface area contributed by atoms with Gasteiger partial charge in [0.15, 0.2) is 0 Å². The summed E-state index contributed by atoms with van der Waals surface area (Å²) in [6.07, 6.45) is 9.98. The number of rotatable bonds is 0. The molecule has 2 rings (SSSR count). The normalized spacial score (nSPS) is 40.8. The van der Waals surface area contributed by atoms with Gasteiger partial charge < -0.3 is 0 Å². The molecule has 1 heterocycles. The van der Waals surface area contributed by atoms with Gasteiger partial charge in [0.1, 0.15) is 0 Å². The van der Waals surface area contributed by atoms with Crippen LogP contribution in [0.25, 0.3) is 0 Å². The average molecular weight is 236 g/mol. The van der Waals surface area contributed by atoms with Crippen molar-refractivity contribution in [1.82, 2.24) is 0 Å². The predicted molar refractivity (Wildman–Crippen MR) is 74.9 cm³/mol. The molecule has 16 heavy (non-hydrogen) atoms. The summed E-state index contributed by atoms with van der Waals surface area (Å²) in [5.74, 6) is 0. The number of fused-ring (bicyclic) bond motifs is 1. The summed E-state index contributed by atoms with van der Waals surface area (Å²) in [6, 6.07) is 0. The van der Waals surface area contributed by atoms with Gasteiger partial charge in [-0.15, -0.1) is 0 Å². The van der Waals surface area contributed by atoms with Gasteiger partial charge in [-0.3, -0.25) is 0 Å². The van der Waals surface area contributed by atoms with Crippen LogP contribution in [0.2, 0.25) is 0 Å². The van der Waals surface area contributed by atoms with Crippen LogP contribution in [0, 0.1) is 5.41 Å². The van der Waals surface area contributed by atoms with E-state index in [0.29, 0.717) is 5.41 Å². The first-order valence-electron chi connectivity index (χ1n) is 6.46. The molecule has 2 unspecified atom stereocenters. The summed E-state index contributed by atoms with van der Waals surface area (Å²) in [7, 11) is 0. The lowest BCUT2D eigenvalue weighted by molar-refractivity contribution is 0.372. The highest BCUT2D eigenvalue weighted by atomic mass is 32.2. The molecule has 0 aromatic rings. The fourth-order valence-corrected chi connectivity index (χ4v) is 4.16. The summed E-state index contributed by atoms with van der Waals surface area (Å²) in [5, 5.41) is 1.79. The van der Waals surface area contributed by atoms with E-state index in [1.165, 1.54) is 25.7 Å². The Kier molecular flexibility index (Phi) is 3.53. The summed E-state index contributed by atoms with van der Waals surface area (Å²) in [6.45, 7) is 9.46. The molecule has 90 valence electrons. The van der Waals surface area contributed by atoms with Gasteiger partial charge in [-0.05, 0) is 44.9 Å². The van der Waals surface area contributed by atoms with E-state index in [2.05, 4.69) is 51.6 Å². The van der Waals surface area contributed by atoms with Crippen molar-refractivity contribution in [2.24, 2.45) is 5.41 Å². The lowest BCUT2D eigenvalue weighted by Gasteiger charge is -2.22. The first-order chi connectivity index (χ1) is 7.49. The lowest BCUT2D eigenvalue weighted by atomic mass is 9.83. The van der Waals surface area contributed by atoms with Gasteiger partial charge in [0.05, 0.1) is 0 Å². The molecule has 1 fully saturated rings. The summed E-state index contributed by atoms with van der Waals surface area (Å²) < 4.78 is 0. The van der Waals surface area contributed by atoms with Gasteiger partial charge in [0.25, 0.3) is 0 Å². The fraction of sp³-hybridized carbons (Fsp3) is 0.733. The van der Waals surface area contributed by atoms with E-state index in [4.69, 9.17) is 0 Å². The maximum absolute atomic E-state index is 2.48. The van der Waals surface area contributed by atoms with E-state index >= 15 is 0 Å². The van der Waals surface area contributed by atoms with E-state index in [1.54, 1.807) is 11.1 Å². The van der Waals surface area contributed by atoms with Crippen molar-refractivity contribution in [2.45, 2.75) is 63.9 Å². The van der Waals surface area contributed by atoms with Crippen LogP contribution < -0.4 is 0 Å². The Hall–Kier alpha value is -0.170. The van der Waals surface area contributed by atoms with Crippen LogP contribution in [0.15, 0.2) is 23.3 Å². The van der Waals surface area contributed by atoms with Crippen molar-refractivity contribution in [1.29, 1.82) is 0 Å². The van der Waals surface area contributed by atoms with Crippen LogP contribution >= 0.6 is 11.8 Å². The zero-order valence-electron chi connectivity index (χ0n) is 11.0. The zero-order valence-corrected chi connectivity index (χ0v) is 11.9. The average Bonchev–Trinajstić information content (AvgIpc) is 2.94. The summed E-state index contributed by atoms with van der Waals surface area (Å²) >= 11 is 2.19. The molecule has 0 nitrogen and oxygen atoms in total. The molecule has 0 saturated carbocycles. The van der Waals surface area contributed by atoms with Gasteiger partial charge in [-0.25, -0.2) is 0 Å². The Labute approximate surface area is 105 Å². The highest BCUT2D eigenvalue weighted by molar-refractivity contribution is 8.07. The Morgan fingerprint density at radius 1 is 1.19 bits per heavy atom. The van der Waals surface area contributed by atoms with Crippen molar-refractivity contribution in [3.8, 4) is 0 Å². The molecular weight excluding hydrogens is 212 g/mol. The van der Waals surface area contributed by atoms with Crippen LogP contribution in [-0.4, -0.2) is 10.5 Å². The molecule has 0 bridgehead atoms. The third-order valence-corrected chi connectivity index (χ3v) is 5.62. The minimum Gasteiger partial charge on any atom is -0.152 e. The van der Waals surface area contributed by atoms with Crippen LogP contribution in [0.1, 0.15) is 53.4 Å². The van der Waals surface area contributed by atoms with E-state index in [0.717, 1.165) is 10.5 Å². The fourth-order valence-electron chi connectivity index (χ4n) is 2.59. The third-order valence-electron chi connectivity index (χ3n) is 3.88. The van der Waals surface area contributed by atoms with E-state index in [9.17, 15) is 0 Å². The van der Waals surface area contributed by atoms with E-state index in [-0.39, 0.29) is 0 Å². The lowest BCUT2D eigenvalue weighted by Crippen LogP contribution is -2.20. The van der Waals surface area contributed by atoms with Crippen molar-refractivity contribution in [3.63, 3.8) is 0 Å². The minimum atomic E-state index is 0.487. The maximum atomic E-state index is 2.48. The van der Waals surface area contributed by atoms with Crippen molar-refractivity contribution in [2.75, 3.05) is 0 Å². The van der Waals surface area contributed by atoms with Crippen molar-refractivity contribution < 1.29 is 0 Å². The molecule has 2 atom stereocenters. The third kappa shape index (κ3) is 2.94. The second-order valence-corrected chi connectivity index (χ2v) is 7.52. The second kappa shape index (κ2) is 4.60. The SMILES string of the molecule is C/C1=C/CC(C)(C)C2SC2C/C(C)=C\CC1. The van der Waals surface area contributed by atoms with Gasteiger partial charge in [0, 0.05) is 10.5 Å². The first-order valence-corrected chi connectivity index (χ1v) is 7.40. The Morgan fingerprint density at radius 3 is 2.69 bits per heavy atom. The smallest absolute Gasteiger partial charge is 0.0227 e. The molecule has 0 amide bonds. The maximum Gasteiger partial charge on any atom is 0.0227 e. The first kappa shape index (κ1) is 12.3. The molecule has 0 aromatic carbocycles. The molecule has 0 N–H and O–H groups in total. The summed E-state index contributed by atoms with van der Waals surface area (Å²) in [5.41, 5.74) is 3.66. The highest BCUT2D eigenvalue weighted by Crippen LogP contribution is 2.56. The number of allylic oxidation sites excluding steroid dienone is 4. The summed E-state index contributed by atoms with van der Waals surface area (Å²) in [4.78, 5) is 0. The molecular formula is C15H24S. The number of hydrogen-bond donors (Lipinski definition) is 0. The Morgan fingerprint density at radius 2 is 1.94 bits per heavy atom. The van der Waals surface area contributed by atoms with E-state index < -0.39 is 0 Å². The molecule has 0 radical (unpaired) electrons. The van der Waals surface area contributed by atoms with Crippen LogP contribution in [-0.2, 0) is 0 Å². The Balaban J connectivity index is 2.12. The topological polar surface area (TPSA) is 0 Å². The molecule has 2 aliphatic rings. The molecule has 1 saturated heterocycles. The van der Waals surface area contributed by atoms with Crippen LogP contribution in [0.3, 0.4) is 0 Å². The quantitative estimate of drug-likeness (QED) is 0.423. The van der Waals surface area contributed by atoms with Gasteiger partial charge in [-0.2, -0.15) is 11.8 Å². The van der Waals surface area contributed by atoms with Crippen molar-refractivity contribution >= 4 is 11.8 Å². The number of thioether (sulfide) groups is 1. The van der Waals surface area contributed by atoms with Gasteiger partial charge in [0.2, 0.25) is 0 Å². The molecule has 0 aromatic heterocycles. The molecule has 1 aliphatic heterocycles. The van der Waals surface area contributed by atoms with Crippen LogP contribution in [0.4, 0.5) is 0 Å². The minimum absolute atomic E-state index is 0.487. The molecule has 1 aliphatic carbocycles. The second-order valence-electron chi connectivity index (χ2n) is 6.13. The van der Waals surface area contributed by atoms with E-state index in [1.807, 2.05) is 0 Å². The monoisotopic (exact) mass is 236 g/mol. The van der Waals surface area contributed by atoms with Crippen molar-refractivity contribution in [3.05, 3.63) is 23.3 Å². The Bertz CT molecular complexity index is 322. The molecule has 1 heteroatoms. The van der Waals surface area contributed by atoms with Gasteiger partial charge in [-0.1, -0.05) is 37.1 Å². The zero-order chi connectivity index (χ0) is 11.8. The standard InChI is InChI=1S/C15H24S/c1-11-6-5-7-12(2)10-13-14(16-13)15(3,4)9-8-11/h7-8,13-14H,5-6,9-10H2,1-4H3/b11-8-,12-7-. The van der Waals surface area contributed by atoms with Gasteiger partial charge >= 0.3 is 0 Å².